The first kappa shape index (κ1) is 21.8. The van der Waals surface area contributed by atoms with Crippen LogP contribution in [0.4, 0.5) is 0 Å². The van der Waals surface area contributed by atoms with Crippen LogP contribution in [-0.2, 0) is 14.8 Å². The number of hydrogen-bond acceptors (Lipinski definition) is 4. The van der Waals surface area contributed by atoms with Gasteiger partial charge in [0.05, 0.1) is 4.90 Å². The van der Waals surface area contributed by atoms with E-state index in [1.54, 1.807) is 31.2 Å². The number of hydrogen-bond donors (Lipinski definition) is 2. The molecule has 2 N–H and O–H groups in total. The maximum atomic E-state index is 12.4. The number of Topliss-reactive ketones (excluding diaryl/α,β-unsaturated/α-hetero) is 1. The number of nitrogens with one attached hydrogen (secondary N) is 2. The van der Waals surface area contributed by atoms with Gasteiger partial charge in [-0.05, 0) is 38.0 Å². The molecule has 1 amide bonds. The summed E-state index contributed by atoms with van der Waals surface area (Å²) < 4.78 is 27.2. The second-order valence-electron chi connectivity index (χ2n) is 6.81. The van der Waals surface area contributed by atoms with Gasteiger partial charge in [0.25, 0.3) is 0 Å². The Morgan fingerprint density at radius 3 is 2.18 bits per heavy atom. The summed E-state index contributed by atoms with van der Waals surface area (Å²) in [5.41, 5.74) is 3.17. The zero-order chi connectivity index (χ0) is 20.7. The van der Waals surface area contributed by atoms with Crippen molar-refractivity contribution in [3.8, 4) is 0 Å². The lowest BCUT2D eigenvalue weighted by Crippen LogP contribution is -2.35. The maximum absolute atomic E-state index is 12.4. The topological polar surface area (TPSA) is 92.3 Å². The van der Waals surface area contributed by atoms with Gasteiger partial charge >= 0.3 is 0 Å². The summed E-state index contributed by atoms with van der Waals surface area (Å²) in [6.45, 7) is 5.74. The van der Waals surface area contributed by atoms with Crippen LogP contribution in [0.3, 0.4) is 0 Å². The molecule has 7 heteroatoms. The van der Waals surface area contributed by atoms with Gasteiger partial charge in [-0.1, -0.05) is 42.0 Å². The van der Waals surface area contributed by atoms with E-state index in [4.69, 9.17) is 0 Å². The minimum Gasteiger partial charge on any atom is -0.355 e. The monoisotopic (exact) mass is 402 g/mol. The molecule has 0 saturated carbocycles. The highest BCUT2D eigenvalue weighted by Crippen LogP contribution is 2.16. The molecule has 0 aliphatic heterocycles. The summed E-state index contributed by atoms with van der Waals surface area (Å²) in [5.74, 6) is -0.378. The van der Waals surface area contributed by atoms with Crippen LogP contribution < -0.4 is 10.0 Å². The Bertz CT molecular complexity index is 951. The molecule has 2 aromatic rings. The van der Waals surface area contributed by atoms with E-state index in [-0.39, 0.29) is 42.5 Å². The van der Waals surface area contributed by atoms with Gasteiger partial charge in [0.1, 0.15) is 0 Å². The van der Waals surface area contributed by atoms with E-state index in [1.165, 1.54) is 0 Å². The van der Waals surface area contributed by atoms with Crippen molar-refractivity contribution < 1.29 is 18.0 Å². The first-order valence-electron chi connectivity index (χ1n) is 9.12. The van der Waals surface area contributed by atoms with E-state index in [1.807, 2.05) is 32.0 Å². The molecule has 0 aliphatic rings. The van der Waals surface area contributed by atoms with Crippen LogP contribution in [0.15, 0.2) is 47.4 Å². The summed E-state index contributed by atoms with van der Waals surface area (Å²) in [5, 5.41) is 2.63. The van der Waals surface area contributed by atoms with Gasteiger partial charge in [0.2, 0.25) is 15.9 Å². The summed E-state index contributed by atoms with van der Waals surface area (Å²) in [4.78, 5) is 24.2. The quantitative estimate of drug-likeness (QED) is 0.498. The van der Waals surface area contributed by atoms with Crippen LogP contribution >= 0.6 is 0 Å². The third-order valence-corrected chi connectivity index (χ3v) is 5.93. The lowest BCUT2D eigenvalue weighted by Gasteiger charge is -2.11. The average molecular weight is 403 g/mol. The third-order valence-electron chi connectivity index (χ3n) is 4.33. The first-order chi connectivity index (χ1) is 13.2. The predicted molar refractivity (Wildman–Crippen MR) is 109 cm³/mol. The Kier molecular flexibility index (Phi) is 7.48. The van der Waals surface area contributed by atoms with Crippen molar-refractivity contribution in [2.75, 3.05) is 13.1 Å². The number of sulfonamides is 1. The fourth-order valence-corrected chi connectivity index (χ4v) is 4.02. The molecule has 28 heavy (non-hydrogen) atoms. The molecule has 0 saturated heterocycles. The van der Waals surface area contributed by atoms with Crippen molar-refractivity contribution in [3.63, 3.8) is 0 Å². The van der Waals surface area contributed by atoms with Crippen LogP contribution in [0.25, 0.3) is 0 Å². The van der Waals surface area contributed by atoms with E-state index in [0.717, 1.165) is 11.1 Å². The Balaban J connectivity index is 1.75. The standard InChI is InChI=1S/C21H26N2O4S/c1-15-5-8-18(9-6-15)19(24)10-11-21(25)22-12-13-23-28(26,27)20-14-16(2)4-7-17(20)3/h4-9,14,23H,10-13H2,1-3H3,(H,22,25). The molecule has 2 rings (SSSR count). The highest BCUT2D eigenvalue weighted by molar-refractivity contribution is 7.89. The fourth-order valence-electron chi connectivity index (χ4n) is 2.66. The minimum atomic E-state index is -3.63. The molecule has 0 unspecified atom stereocenters. The van der Waals surface area contributed by atoms with Gasteiger partial charge in [0, 0.05) is 31.5 Å². The van der Waals surface area contributed by atoms with E-state index in [0.29, 0.717) is 11.1 Å². The number of carbonyl (C=O) groups excluding carboxylic acids is 2. The first-order valence-corrected chi connectivity index (χ1v) is 10.6. The molecular formula is C21H26N2O4S. The Hall–Kier alpha value is -2.51. The van der Waals surface area contributed by atoms with Gasteiger partial charge in [-0.15, -0.1) is 0 Å². The lowest BCUT2D eigenvalue weighted by atomic mass is 10.1. The number of carbonyl (C=O) groups is 2. The van der Waals surface area contributed by atoms with Crippen LogP contribution in [0.2, 0.25) is 0 Å². The molecule has 0 atom stereocenters. The zero-order valence-electron chi connectivity index (χ0n) is 16.4. The Morgan fingerprint density at radius 1 is 0.857 bits per heavy atom. The van der Waals surface area contributed by atoms with Crippen LogP contribution in [0, 0.1) is 20.8 Å². The molecule has 0 radical (unpaired) electrons. The highest BCUT2D eigenvalue weighted by Gasteiger charge is 2.16. The molecule has 0 aromatic heterocycles. The zero-order valence-corrected chi connectivity index (χ0v) is 17.2. The number of amides is 1. The molecule has 0 spiro atoms. The van der Waals surface area contributed by atoms with Gasteiger partial charge in [-0.3, -0.25) is 9.59 Å². The number of benzene rings is 2. The Labute approximate surface area is 166 Å². The van der Waals surface area contributed by atoms with Crippen LogP contribution in [-0.4, -0.2) is 33.2 Å². The number of rotatable bonds is 9. The van der Waals surface area contributed by atoms with Gasteiger partial charge < -0.3 is 5.32 Å². The molecule has 0 bridgehead atoms. The largest absolute Gasteiger partial charge is 0.355 e. The second-order valence-corrected chi connectivity index (χ2v) is 8.54. The summed E-state index contributed by atoms with van der Waals surface area (Å²) in [6, 6.07) is 12.4. The molecule has 6 nitrogen and oxygen atoms in total. The second kappa shape index (κ2) is 9.61. The highest BCUT2D eigenvalue weighted by atomic mass is 32.2. The van der Waals surface area contributed by atoms with Crippen molar-refractivity contribution in [1.82, 2.24) is 10.0 Å². The maximum Gasteiger partial charge on any atom is 0.240 e. The third kappa shape index (κ3) is 6.28. The van der Waals surface area contributed by atoms with E-state index >= 15 is 0 Å². The van der Waals surface area contributed by atoms with Crippen LogP contribution in [0.5, 0.6) is 0 Å². The SMILES string of the molecule is Cc1ccc(C(=O)CCC(=O)NCCNS(=O)(=O)c2cc(C)ccc2C)cc1. The molecule has 0 fully saturated rings. The van der Waals surface area contributed by atoms with E-state index in [2.05, 4.69) is 10.0 Å². The minimum absolute atomic E-state index is 0.0659. The van der Waals surface area contributed by atoms with Gasteiger partial charge in [-0.2, -0.15) is 0 Å². The average Bonchev–Trinajstić information content (AvgIpc) is 2.65. The predicted octanol–water partition coefficient (Wildman–Crippen LogP) is 2.67. The van der Waals surface area contributed by atoms with Crippen molar-refractivity contribution in [2.45, 2.75) is 38.5 Å². The lowest BCUT2D eigenvalue weighted by molar-refractivity contribution is -0.121. The van der Waals surface area contributed by atoms with Crippen molar-refractivity contribution in [1.29, 1.82) is 0 Å². The molecular weight excluding hydrogens is 376 g/mol. The van der Waals surface area contributed by atoms with Crippen LogP contribution in [0.1, 0.15) is 39.9 Å². The van der Waals surface area contributed by atoms with Crippen molar-refractivity contribution >= 4 is 21.7 Å². The Morgan fingerprint density at radius 2 is 1.50 bits per heavy atom. The molecule has 0 heterocycles. The van der Waals surface area contributed by atoms with Gasteiger partial charge in [-0.25, -0.2) is 13.1 Å². The van der Waals surface area contributed by atoms with Crippen molar-refractivity contribution in [2.24, 2.45) is 0 Å². The van der Waals surface area contributed by atoms with Gasteiger partial charge in [0.15, 0.2) is 5.78 Å². The summed E-state index contributed by atoms with van der Waals surface area (Å²) in [6.07, 6.45) is 0.180. The fraction of sp³-hybridized carbons (Fsp3) is 0.333. The van der Waals surface area contributed by atoms with E-state index in [9.17, 15) is 18.0 Å². The number of aryl methyl sites for hydroxylation is 3. The van der Waals surface area contributed by atoms with Crippen molar-refractivity contribution in [3.05, 3.63) is 64.7 Å². The van der Waals surface area contributed by atoms with E-state index < -0.39 is 10.0 Å². The normalized spacial score (nSPS) is 11.2. The summed E-state index contributed by atoms with van der Waals surface area (Å²) >= 11 is 0. The number of ketones is 1. The molecule has 2 aromatic carbocycles. The summed E-state index contributed by atoms with van der Waals surface area (Å²) in [7, 11) is -3.63. The molecule has 150 valence electrons. The molecule has 0 aliphatic carbocycles. The smallest absolute Gasteiger partial charge is 0.240 e.